The van der Waals surface area contributed by atoms with Gasteiger partial charge in [-0.2, -0.15) is 11.3 Å². The second-order valence-corrected chi connectivity index (χ2v) is 6.96. The SMILES string of the molecule is COc1ccc(Cl)cc1NC(=O)c1sc(-c2ccsc2)nc1C. The highest BCUT2D eigenvalue weighted by molar-refractivity contribution is 7.17. The maximum Gasteiger partial charge on any atom is 0.267 e. The van der Waals surface area contributed by atoms with E-state index in [9.17, 15) is 4.79 Å². The van der Waals surface area contributed by atoms with Gasteiger partial charge in [-0.25, -0.2) is 4.98 Å². The molecule has 0 bridgehead atoms. The Labute approximate surface area is 146 Å². The van der Waals surface area contributed by atoms with Crippen molar-refractivity contribution < 1.29 is 9.53 Å². The molecule has 118 valence electrons. The van der Waals surface area contributed by atoms with Crippen LogP contribution in [0.2, 0.25) is 5.02 Å². The molecule has 0 atom stereocenters. The van der Waals surface area contributed by atoms with Crippen molar-refractivity contribution in [2.24, 2.45) is 0 Å². The number of aryl methyl sites for hydroxylation is 1. The Morgan fingerprint density at radius 1 is 1.35 bits per heavy atom. The first-order valence-electron chi connectivity index (χ1n) is 6.73. The quantitative estimate of drug-likeness (QED) is 0.701. The number of hydrogen-bond acceptors (Lipinski definition) is 5. The molecule has 1 amide bonds. The fourth-order valence-corrected chi connectivity index (χ4v) is 3.92. The topological polar surface area (TPSA) is 51.2 Å². The highest BCUT2D eigenvalue weighted by Gasteiger charge is 2.18. The third-order valence-electron chi connectivity index (χ3n) is 3.18. The molecular weight excluding hydrogens is 352 g/mol. The Kier molecular flexibility index (Phi) is 4.66. The van der Waals surface area contributed by atoms with Gasteiger partial charge in [-0.05, 0) is 36.6 Å². The Morgan fingerprint density at radius 3 is 2.87 bits per heavy atom. The third kappa shape index (κ3) is 3.39. The maximum absolute atomic E-state index is 12.6. The van der Waals surface area contributed by atoms with E-state index in [2.05, 4.69) is 10.3 Å². The van der Waals surface area contributed by atoms with Crippen LogP contribution >= 0.6 is 34.3 Å². The monoisotopic (exact) mass is 364 g/mol. The fourth-order valence-electron chi connectivity index (χ4n) is 2.07. The van der Waals surface area contributed by atoms with Crippen molar-refractivity contribution in [2.75, 3.05) is 12.4 Å². The van der Waals surface area contributed by atoms with Crippen LogP contribution in [0, 0.1) is 6.92 Å². The second-order valence-electron chi connectivity index (χ2n) is 4.74. The van der Waals surface area contributed by atoms with E-state index in [1.54, 1.807) is 36.6 Å². The van der Waals surface area contributed by atoms with E-state index >= 15 is 0 Å². The van der Waals surface area contributed by atoms with Gasteiger partial charge in [0.15, 0.2) is 0 Å². The molecule has 23 heavy (non-hydrogen) atoms. The molecule has 0 saturated heterocycles. The molecule has 0 aliphatic carbocycles. The minimum atomic E-state index is -0.220. The first-order valence-corrected chi connectivity index (χ1v) is 8.87. The standard InChI is InChI=1S/C16H13ClN2O2S2/c1-9-14(23-16(18-9)10-5-6-22-8-10)15(20)19-12-7-11(17)3-4-13(12)21-2/h3-8H,1-2H3,(H,19,20). The van der Waals surface area contributed by atoms with Crippen molar-refractivity contribution in [3.63, 3.8) is 0 Å². The minimum Gasteiger partial charge on any atom is -0.495 e. The summed E-state index contributed by atoms with van der Waals surface area (Å²) in [6.45, 7) is 1.83. The molecular formula is C16H13ClN2O2S2. The van der Waals surface area contributed by atoms with Gasteiger partial charge < -0.3 is 10.1 Å². The van der Waals surface area contributed by atoms with Gasteiger partial charge in [-0.1, -0.05) is 11.6 Å². The van der Waals surface area contributed by atoms with Crippen molar-refractivity contribution in [3.05, 3.63) is 50.6 Å². The van der Waals surface area contributed by atoms with Crippen LogP contribution in [0.5, 0.6) is 5.75 Å². The van der Waals surface area contributed by atoms with Gasteiger partial charge in [-0.15, -0.1) is 11.3 Å². The molecule has 2 heterocycles. The zero-order chi connectivity index (χ0) is 16.4. The van der Waals surface area contributed by atoms with Gasteiger partial charge in [0.25, 0.3) is 5.91 Å². The summed E-state index contributed by atoms with van der Waals surface area (Å²) in [7, 11) is 1.55. The Balaban J connectivity index is 1.88. The number of nitrogens with zero attached hydrogens (tertiary/aromatic N) is 1. The van der Waals surface area contributed by atoms with Crippen LogP contribution in [0.4, 0.5) is 5.69 Å². The van der Waals surface area contributed by atoms with Gasteiger partial charge >= 0.3 is 0 Å². The van der Waals surface area contributed by atoms with Gasteiger partial charge in [0.05, 0.1) is 18.5 Å². The molecule has 0 aliphatic heterocycles. The van der Waals surface area contributed by atoms with E-state index in [4.69, 9.17) is 16.3 Å². The molecule has 2 aromatic heterocycles. The number of nitrogens with one attached hydrogen (secondary N) is 1. The zero-order valence-electron chi connectivity index (χ0n) is 12.4. The van der Waals surface area contributed by atoms with Crippen molar-refractivity contribution in [1.82, 2.24) is 4.98 Å². The molecule has 3 aromatic rings. The van der Waals surface area contributed by atoms with Crippen LogP contribution in [0.3, 0.4) is 0 Å². The lowest BCUT2D eigenvalue weighted by Gasteiger charge is -2.09. The average molecular weight is 365 g/mol. The van der Waals surface area contributed by atoms with E-state index in [0.29, 0.717) is 27.0 Å². The fraction of sp³-hybridized carbons (Fsp3) is 0.125. The summed E-state index contributed by atoms with van der Waals surface area (Å²) in [4.78, 5) is 17.6. The normalized spacial score (nSPS) is 10.6. The summed E-state index contributed by atoms with van der Waals surface area (Å²) in [5.41, 5.74) is 2.27. The van der Waals surface area contributed by atoms with Crippen molar-refractivity contribution in [1.29, 1.82) is 0 Å². The van der Waals surface area contributed by atoms with Crippen LogP contribution in [0.25, 0.3) is 10.6 Å². The number of hydrogen-bond donors (Lipinski definition) is 1. The number of amides is 1. The second kappa shape index (κ2) is 6.70. The molecule has 4 nitrogen and oxygen atoms in total. The van der Waals surface area contributed by atoms with Gasteiger partial charge in [-0.3, -0.25) is 4.79 Å². The smallest absolute Gasteiger partial charge is 0.267 e. The van der Waals surface area contributed by atoms with E-state index in [-0.39, 0.29) is 5.91 Å². The number of aromatic nitrogens is 1. The minimum absolute atomic E-state index is 0.220. The zero-order valence-corrected chi connectivity index (χ0v) is 14.8. The number of rotatable bonds is 4. The summed E-state index contributed by atoms with van der Waals surface area (Å²) in [6, 6.07) is 7.08. The number of methoxy groups -OCH3 is 1. The number of thiophene rings is 1. The first-order chi connectivity index (χ1) is 11.1. The molecule has 1 aromatic carbocycles. The third-order valence-corrected chi connectivity index (χ3v) is 5.30. The highest BCUT2D eigenvalue weighted by atomic mass is 35.5. The Bertz CT molecular complexity index is 844. The predicted octanol–water partition coefficient (Wildman–Crippen LogP) is 5.09. The van der Waals surface area contributed by atoms with E-state index in [1.165, 1.54) is 11.3 Å². The molecule has 0 fully saturated rings. The lowest BCUT2D eigenvalue weighted by atomic mass is 10.2. The van der Waals surface area contributed by atoms with Crippen LogP contribution in [0.15, 0.2) is 35.0 Å². The van der Waals surface area contributed by atoms with Crippen LogP contribution in [0.1, 0.15) is 15.4 Å². The average Bonchev–Trinajstić information content (AvgIpc) is 3.16. The number of halogens is 1. The molecule has 0 spiro atoms. The summed E-state index contributed by atoms with van der Waals surface area (Å²) >= 11 is 8.96. The molecule has 0 radical (unpaired) electrons. The van der Waals surface area contributed by atoms with E-state index < -0.39 is 0 Å². The predicted molar refractivity (Wildman–Crippen MR) is 96.1 cm³/mol. The molecule has 3 rings (SSSR count). The van der Waals surface area contributed by atoms with Gasteiger partial charge in [0.2, 0.25) is 0 Å². The van der Waals surface area contributed by atoms with Crippen molar-refractivity contribution in [3.8, 4) is 16.3 Å². The first kappa shape index (κ1) is 16.0. The molecule has 0 aliphatic rings. The number of benzene rings is 1. The summed E-state index contributed by atoms with van der Waals surface area (Å²) in [5, 5.41) is 8.21. The van der Waals surface area contributed by atoms with Gasteiger partial charge in [0, 0.05) is 16.0 Å². The number of anilines is 1. The van der Waals surface area contributed by atoms with Crippen molar-refractivity contribution >= 4 is 45.9 Å². The summed E-state index contributed by atoms with van der Waals surface area (Å²) in [6.07, 6.45) is 0. The van der Waals surface area contributed by atoms with Crippen LogP contribution < -0.4 is 10.1 Å². The summed E-state index contributed by atoms with van der Waals surface area (Å²) in [5.74, 6) is 0.338. The van der Waals surface area contributed by atoms with E-state index in [1.807, 2.05) is 23.8 Å². The Hall–Kier alpha value is -1.89. The number of thiazole rings is 1. The molecule has 0 saturated carbocycles. The van der Waals surface area contributed by atoms with Crippen LogP contribution in [-0.4, -0.2) is 18.0 Å². The number of carbonyl (C=O) groups is 1. The van der Waals surface area contributed by atoms with E-state index in [0.717, 1.165) is 10.6 Å². The molecule has 1 N–H and O–H groups in total. The molecule has 0 unspecified atom stereocenters. The lowest BCUT2D eigenvalue weighted by Crippen LogP contribution is -2.12. The maximum atomic E-state index is 12.6. The number of ether oxygens (including phenoxy) is 1. The number of carbonyl (C=O) groups excluding carboxylic acids is 1. The lowest BCUT2D eigenvalue weighted by molar-refractivity contribution is 0.102. The summed E-state index contributed by atoms with van der Waals surface area (Å²) < 4.78 is 5.25. The Morgan fingerprint density at radius 2 is 2.17 bits per heavy atom. The highest BCUT2D eigenvalue weighted by Crippen LogP contribution is 2.32. The van der Waals surface area contributed by atoms with Gasteiger partial charge in [0.1, 0.15) is 15.6 Å². The largest absolute Gasteiger partial charge is 0.495 e. The molecule has 7 heteroatoms. The van der Waals surface area contributed by atoms with Crippen LogP contribution in [-0.2, 0) is 0 Å². The van der Waals surface area contributed by atoms with Crippen molar-refractivity contribution in [2.45, 2.75) is 6.92 Å².